The number of hydrogen-bond acceptors (Lipinski definition) is 8. The molecule has 88 valence electrons. The van der Waals surface area contributed by atoms with Crippen LogP contribution in [-0.2, 0) is 30.7 Å². The zero-order valence-corrected chi connectivity index (χ0v) is 10.0. The van der Waals surface area contributed by atoms with Gasteiger partial charge in [-0.15, -0.1) is 0 Å². The van der Waals surface area contributed by atoms with Crippen molar-refractivity contribution in [3.63, 3.8) is 0 Å². The van der Waals surface area contributed by atoms with E-state index in [-0.39, 0.29) is 45.7 Å². The molecule has 0 bridgehead atoms. The Morgan fingerprint density at radius 2 is 0.769 bits per heavy atom. The minimum Gasteiger partial charge on any atom is -0.550 e. The third kappa shape index (κ3) is 3640. The SMILES string of the molecule is CC(=O)[O-].CC(=O)[O-].N.N.N.N.[Pt+2]. The smallest absolute Gasteiger partial charge is 0.550 e. The minimum absolute atomic E-state index is 0. The van der Waals surface area contributed by atoms with Crippen LogP contribution >= 0.6 is 0 Å². The molecule has 0 aromatic carbocycles. The van der Waals surface area contributed by atoms with Gasteiger partial charge in [-0.1, -0.05) is 0 Å². The van der Waals surface area contributed by atoms with Crippen LogP contribution < -0.4 is 34.8 Å². The van der Waals surface area contributed by atoms with Crippen LogP contribution in [-0.4, -0.2) is 11.9 Å². The second-order valence-electron chi connectivity index (χ2n) is 0.983. The molecule has 0 spiro atoms. The van der Waals surface area contributed by atoms with Crippen molar-refractivity contribution in [3.8, 4) is 0 Å². The van der Waals surface area contributed by atoms with Crippen molar-refractivity contribution in [2.45, 2.75) is 13.8 Å². The quantitative estimate of drug-likeness (QED) is 0.372. The average Bonchev–Trinajstić information content (AvgIpc) is 1.25. The summed E-state index contributed by atoms with van der Waals surface area (Å²) in [6.45, 7) is 1.94. The molecule has 0 aliphatic heterocycles. The van der Waals surface area contributed by atoms with Crippen LogP contribution in [0.5, 0.6) is 0 Å². The molecule has 8 nitrogen and oxygen atoms in total. The molecule has 0 aliphatic carbocycles. The summed E-state index contributed by atoms with van der Waals surface area (Å²) in [5.74, 6) is -2.17. The molecule has 0 unspecified atom stereocenters. The summed E-state index contributed by atoms with van der Waals surface area (Å²) >= 11 is 0. The fourth-order valence-electron chi connectivity index (χ4n) is 0. The monoisotopic (exact) mass is 381 g/mol. The Kier molecular flexibility index (Phi) is 177. The number of aliphatic carboxylic acids is 2. The fourth-order valence-corrected chi connectivity index (χ4v) is 0. The Hall–Kier alpha value is -0.532. The predicted octanol–water partition coefficient (Wildman–Crippen LogP) is -1.84. The molecule has 0 aliphatic rings. The second-order valence-corrected chi connectivity index (χ2v) is 0.983. The van der Waals surface area contributed by atoms with Gasteiger partial charge in [0.25, 0.3) is 0 Å². The van der Waals surface area contributed by atoms with E-state index < -0.39 is 11.9 Å². The Morgan fingerprint density at radius 1 is 0.769 bits per heavy atom. The van der Waals surface area contributed by atoms with Gasteiger partial charge < -0.3 is 44.4 Å². The summed E-state index contributed by atoms with van der Waals surface area (Å²) in [6, 6.07) is 0. The molecular weight excluding hydrogens is 363 g/mol. The normalized spacial score (nSPS) is 3.85. The van der Waals surface area contributed by atoms with Crippen LogP contribution in [0.2, 0.25) is 0 Å². The number of hydrogen-bond donors (Lipinski definition) is 4. The molecule has 0 fully saturated rings. The molecule has 0 radical (unpaired) electrons. The number of carboxylic acid groups (broad SMARTS) is 2. The van der Waals surface area contributed by atoms with Gasteiger partial charge in [-0.3, -0.25) is 0 Å². The van der Waals surface area contributed by atoms with Crippen molar-refractivity contribution < 1.29 is 40.9 Å². The van der Waals surface area contributed by atoms with Gasteiger partial charge in [-0.25, -0.2) is 0 Å². The fraction of sp³-hybridized carbons (Fsp3) is 0.500. The third-order valence-electron chi connectivity index (χ3n) is 0. The van der Waals surface area contributed by atoms with Gasteiger partial charge in [0.2, 0.25) is 0 Å². The van der Waals surface area contributed by atoms with E-state index in [2.05, 4.69) is 0 Å². The molecule has 9 heteroatoms. The topological polar surface area (TPSA) is 220 Å². The largest absolute Gasteiger partial charge is 2.00 e. The average molecular weight is 381 g/mol. The number of rotatable bonds is 0. The minimum atomic E-state index is -1.08. The van der Waals surface area contributed by atoms with Gasteiger partial charge in [0.15, 0.2) is 0 Å². The van der Waals surface area contributed by atoms with Crippen LogP contribution in [0.25, 0.3) is 0 Å². The molecule has 0 saturated heterocycles. The standard InChI is InChI=1S/2C2H4O2.4H3N.Pt/c2*1-2(3)4;;;;;/h2*1H3,(H,3,4);4*1H3;/q;;;;;;+2/p-2. The van der Waals surface area contributed by atoms with Crippen molar-refractivity contribution in [1.29, 1.82) is 0 Å². The van der Waals surface area contributed by atoms with Gasteiger partial charge in [0, 0.05) is 11.9 Å². The Bertz CT molecular complexity index is 82.1. The summed E-state index contributed by atoms with van der Waals surface area (Å²) in [7, 11) is 0. The van der Waals surface area contributed by atoms with Crippen molar-refractivity contribution in [3.05, 3.63) is 0 Å². The van der Waals surface area contributed by atoms with Crippen molar-refractivity contribution in [2.24, 2.45) is 0 Å². The van der Waals surface area contributed by atoms with E-state index in [1.165, 1.54) is 0 Å². The zero-order valence-electron chi connectivity index (χ0n) is 7.78. The summed E-state index contributed by atoms with van der Waals surface area (Å²) < 4.78 is 0. The molecule has 0 heterocycles. The van der Waals surface area contributed by atoms with Crippen molar-refractivity contribution in [2.75, 3.05) is 0 Å². The Morgan fingerprint density at radius 3 is 0.769 bits per heavy atom. The van der Waals surface area contributed by atoms with Crippen LogP contribution in [0.15, 0.2) is 0 Å². The number of carboxylic acids is 2. The van der Waals surface area contributed by atoms with Crippen molar-refractivity contribution in [1.82, 2.24) is 24.6 Å². The maximum Gasteiger partial charge on any atom is 2.00 e. The Balaban J connectivity index is -0.00000000800. The second kappa shape index (κ2) is 42.0. The van der Waals surface area contributed by atoms with Crippen molar-refractivity contribution >= 4 is 11.9 Å². The first-order chi connectivity index (χ1) is 3.46. The summed E-state index contributed by atoms with van der Waals surface area (Å²) in [6.07, 6.45) is 0. The first-order valence-electron chi connectivity index (χ1n) is 1.82. The van der Waals surface area contributed by atoms with Crippen LogP contribution in [0.1, 0.15) is 13.8 Å². The van der Waals surface area contributed by atoms with Gasteiger partial charge in [-0.2, -0.15) is 0 Å². The van der Waals surface area contributed by atoms with E-state index in [0.29, 0.717) is 0 Å². The zero-order chi connectivity index (χ0) is 7.15. The van der Waals surface area contributed by atoms with E-state index >= 15 is 0 Å². The third-order valence-corrected chi connectivity index (χ3v) is 0. The van der Waals surface area contributed by atoms with Crippen LogP contribution in [0.4, 0.5) is 0 Å². The van der Waals surface area contributed by atoms with Crippen LogP contribution in [0, 0.1) is 0 Å². The summed E-state index contributed by atoms with van der Waals surface area (Å²) in [4.78, 5) is 17.8. The molecule has 0 rings (SSSR count). The maximum absolute atomic E-state index is 8.89. The molecule has 0 aromatic rings. The van der Waals surface area contributed by atoms with Gasteiger partial charge in [-0.05, 0) is 13.8 Å². The number of carbonyl (C=O) groups is 2. The molecule has 0 saturated carbocycles. The van der Waals surface area contributed by atoms with E-state index in [4.69, 9.17) is 19.8 Å². The first-order valence-corrected chi connectivity index (χ1v) is 1.82. The van der Waals surface area contributed by atoms with Gasteiger partial charge >= 0.3 is 21.1 Å². The van der Waals surface area contributed by atoms with Crippen LogP contribution in [0.3, 0.4) is 0 Å². The summed E-state index contributed by atoms with van der Waals surface area (Å²) in [5, 5.41) is 17.8. The van der Waals surface area contributed by atoms with E-state index in [0.717, 1.165) is 13.8 Å². The van der Waals surface area contributed by atoms with E-state index in [1.54, 1.807) is 0 Å². The molecular formula is C4H18N4O4Pt. The number of carbonyl (C=O) groups excluding carboxylic acids is 2. The van der Waals surface area contributed by atoms with Gasteiger partial charge in [0.05, 0.1) is 0 Å². The molecule has 0 aromatic heterocycles. The van der Waals surface area contributed by atoms with Gasteiger partial charge in [0.1, 0.15) is 0 Å². The molecule has 13 heavy (non-hydrogen) atoms. The molecule has 0 atom stereocenters. The van der Waals surface area contributed by atoms with E-state index in [1.807, 2.05) is 0 Å². The molecule has 0 amide bonds. The molecule has 12 N–H and O–H groups in total. The first kappa shape index (κ1) is 54.8. The Labute approximate surface area is 91.7 Å². The predicted molar refractivity (Wildman–Crippen MR) is 41.5 cm³/mol. The maximum atomic E-state index is 8.89. The summed E-state index contributed by atoms with van der Waals surface area (Å²) in [5.41, 5.74) is 0. The van der Waals surface area contributed by atoms with E-state index in [9.17, 15) is 0 Å².